The highest BCUT2D eigenvalue weighted by atomic mass is 16.5. The zero-order valence-electron chi connectivity index (χ0n) is 18.3. The Kier molecular flexibility index (Phi) is 6.07. The topological polar surface area (TPSA) is 96.1 Å². The van der Waals surface area contributed by atoms with Crippen LogP contribution in [0.15, 0.2) is 60.8 Å². The molecule has 0 radical (unpaired) electrons. The number of rotatable bonds is 7. The number of fused-ring (bicyclic) bond motifs is 3. The number of carbonyl (C=O) groups excluding carboxylic acids is 2. The predicted molar refractivity (Wildman–Crippen MR) is 126 cm³/mol. The highest BCUT2D eigenvalue weighted by Gasteiger charge is 2.27. The van der Waals surface area contributed by atoms with Crippen LogP contribution in [0.25, 0.3) is 21.8 Å². The number of para-hydroxylation sites is 3. The van der Waals surface area contributed by atoms with E-state index < -0.39 is 11.9 Å². The number of anilines is 1. The molecule has 0 aliphatic heterocycles. The van der Waals surface area contributed by atoms with Crippen LogP contribution in [0.2, 0.25) is 0 Å². The lowest BCUT2D eigenvalue weighted by Crippen LogP contribution is -2.47. The monoisotopic (exact) mass is 430 g/mol. The summed E-state index contributed by atoms with van der Waals surface area (Å²) in [5, 5.41) is 7.70. The Labute approximate surface area is 186 Å². The summed E-state index contributed by atoms with van der Waals surface area (Å²) in [6.45, 7) is 3.92. The number of aromatic nitrogens is 2. The number of nitrogens with zero attached hydrogens (tertiary/aromatic N) is 1. The molecule has 3 N–H and O–H groups in total. The van der Waals surface area contributed by atoms with Crippen LogP contribution >= 0.6 is 0 Å². The lowest BCUT2D eigenvalue weighted by Gasteiger charge is -2.24. The van der Waals surface area contributed by atoms with Gasteiger partial charge >= 0.3 is 0 Å². The van der Waals surface area contributed by atoms with E-state index in [1.807, 2.05) is 50.2 Å². The number of hydrogen-bond donors (Lipinski definition) is 3. The molecule has 2 aromatic heterocycles. The highest BCUT2D eigenvalue weighted by Crippen LogP contribution is 2.26. The minimum atomic E-state index is -0.724. The van der Waals surface area contributed by atoms with Crippen molar-refractivity contribution in [2.24, 2.45) is 5.92 Å². The number of amides is 2. The van der Waals surface area contributed by atoms with Crippen molar-refractivity contribution < 1.29 is 14.3 Å². The lowest BCUT2D eigenvalue weighted by atomic mass is 9.98. The van der Waals surface area contributed by atoms with Crippen LogP contribution in [0.4, 0.5) is 5.69 Å². The van der Waals surface area contributed by atoms with Gasteiger partial charge in [0, 0.05) is 16.3 Å². The molecule has 0 aliphatic carbocycles. The van der Waals surface area contributed by atoms with Gasteiger partial charge in [0.15, 0.2) is 0 Å². The Hall–Kier alpha value is -3.87. The van der Waals surface area contributed by atoms with E-state index in [1.165, 1.54) is 0 Å². The average Bonchev–Trinajstić information content (AvgIpc) is 3.20. The SMILES string of the molecule is CCC(C)C(NC(=O)c1cc2c(cn1)[nH]c1ccccc12)C(=O)Nc1ccccc1OC. The van der Waals surface area contributed by atoms with E-state index in [0.717, 1.165) is 28.2 Å². The summed E-state index contributed by atoms with van der Waals surface area (Å²) in [5.74, 6) is -0.213. The number of aromatic amines is 1. The molecule has 2 aromatic carbocycles. The molecule has 2 atom stereocenters. The number of methoxy groups -OCH3 is 1. The quantitative estimate of drug-likeness (QED) is 0.402. The van der Waals surface area contributed by atoms with Crippen molar-refractivity contribution in [2.45, 2.75) is 26.3 Å². The average molecular weight is 431 g/mol. The molecule has 7 nitrogen and oxygen atoms in total. The Morgan fingerprint density at radius 1 is 1.06 bits per heavy atom. The first-order valence-electron chi connectivity index (χ1n) is 10.6. The van der Waals surface area contributed by atoms with E-state index in [0.29, 0.717) is 11.4 Å². The molecule has 0 fully saturated rings. The summed E-state index contributed by atoms with van der Waals surface area (Å²) in [7, 11) is 1.55. The van der Waals surface area contributed by atoms with E-state index in [2.05, 4.69) is 20.6 Å². The summed E-state index contributed by atoms with van der Waals surface area (Å²) >= 11 is 0. The van der Waals surface area contributed by atoms with Gasteiger partial charge in [-0.3, -0.25) is 9.59 Å². The molecule has 2 heterocycles. The number of nitrogens with one attached hydrogen (secondary N) is 3. The summed E-state index contributed by atoms with van der Waals surface area (Å²) in [5.41, 5.74) is 2.66. The second kappa shape index (κ2) is 9.09. The van der Waals surface area contributed by atoms with E-state index in [4.69, 9.17) is 4.74 Å². The summed E-state index contributed by atoms with van der Waals surface area (Å²) in [6, 6.07) is 16.1. The molecule has 4 aromatic rings. The van der Waals surface area contributed by atoms with E-state index in [1.54, 1.807) is 31.5 Å². The maximum absolute atomic E-state index is 13.1. The summed E-state index contributed by atoms with van der Waals surface area (Å²) < 4.78 is 5.32. The maximum Gasteiger partial charge on any atom is 0.270 e. The largest absolute Gasteiger partial charge is 0.495 e. The molecule has 0 spiro atoms. The smallest absolute Gasteiger partial charge is 0.270 e. The first-order chi connectivity index (χ1) is 15.5. The van der Waals surface area contributed by atoms with Gasteiger partial charge in [0.2, 0.25) is 5.91 Å². The standard InChI is InChI=1S/C25H26N4O3/c1-4-15(2)23(25(31)28-19-11-7-8-12-22(19)32-3)29-24(30)20-13-17-16-9-5-6-10-18(16)27-21(17)14-26-20/h5-15,23,27H,4H2,1-3H3,(H,28,31)(H,29,30). The van der Waals surface area contributed by atoms with Crippen molar-refractivity contribution in [2.75, 3.05) is 12.4 Å². The van der Waals surface area contributed by atoms with Crippen molar-refractivity contribution >= 4 is 39.3 Å². The van der Waals surface area contributed by atoms with Crippen molar-refractivity contribution in [3.63, 3.8) is 0 Å². The molecule has 0 aliphatic rings. The Morgan fingerprint density at radius 3 is 2.59 bits per heavy atom. The molecular weight excluding hydrogens is 404 g/mol. The first kappa shape index (κ1) is 21.4. The van der Waals surface area contributed by atoms with Crippen LogP contribution in [0.1, 0.15) is 30.8 Å². The van der Waals surface area contributed by atoms with Gasteiger partial charge in [-0.2, -0.15) is 0 Å². The van der Waals surface area contributed by atoms with Crippen LogP contribution in [0.3, 0.4) is 0 Å². The molecule has 2 amide bonds. The fraction of sp³-hybridized carbons (Fsp3) is 0.240. The maximum atomic E-state index is 13.1. The summed E-state index contributed by atoms with van der Waals surface area (Å²) in [4.78, 5) is 33.8. The number of hydrogen-bond acceptors (Lipinski definition) is 4. The van der Waals surface area contributed by atoms with Gasteiger partial charge in [0.1, 0.15) is 17.5 Å². The van der Waals surface area contributed by atoms with E-state index >= 15 is 0 Å². The van der Waals surface area contributed by atoms with Gasteiger partial charge < -0.3 is 20.4 Å². The van der Waals surface area contributed by atoms with Crippen molar-refractivity contribution in [3.8, 4) is 5.75 Å². The van der Waals surface area contributed by atoms with Gasteiger partial charge in [-0.05, 0) is 30.2 Å². The fourth-order valence-electron chi connectivity index (χ4n) is 3.75. The first-order valence-corrected chi connectivity index (χ1v) is 10.6. The van der Waals surface area contributed by atoms with Gasteiger partial charge in [0.05, 0.1) is 24.5 Å². The van der Waals surface area contributed by atoms with Gasteiger partial charge in [-0.15, -0.1) is 0 Å². The number of pyridine rings is 1. The van der Waals surface area contributed by atoms with E-state index in [-0.39, 0.29) is 17.5 Å². The van der Waals surface area contributed by atoms with Crippen molar-refractivity contribution in [1.82, 2.24) is 15.3 Å². The molecule has 0 saturated carbocycles. The third-order valence-electron chi connectivity index (χ3n) is 5.77. The molecule has 164 valence electrons. The molecule has 7 heteroatoms. The van der Waals surface area contributed by atoms with Gasteiger partial charge in [-0.25, -0.2) is 4.98 Å². The number of ether oxygens (including phenoxy) is 1. The Morgan fingerprint density at radius 2 is 1.81 bits per heavy atom. The third kappa shape index (κ3) is 4.14. The molecule has 0 saturated heterocycles. The fourth-order valence-corrected chi connectivity index (χ4v) is 3.75. The lowest BCUT2D eigenvalue weighted by molar-refractivity contribution is -0.119. The number of H-pyrrole nitrogens is 1. The van der Waals surface area contributed by atoms with Crippen molar-refractivity contribution in [1.29, 1.82) is 0 Å². The van der Waals surface area contributed by atoms with Crippen LogP contribution in [-0.4, -0.2) is 34.9 Å². The zero-order valence-corrected chi connectivity index (χ0v) is 18.3. The normalized spacial score (nSPS) is 13.0. The van der Waals surface area contributed by atoms with Crippen LogP contribution in [-0.2, 0) is 4.79 Å². The van der Waals surface area contributed by atoms with Crippen LogP contribution in [0.5, 0.6) is 5.75 Å². The minimum absolute atomic E-state index is 0.0783. The van der Waals surface area contributed by atoms with Crippen LogP contribution < -0.4 is 15.4 Å². The zero-order chi connectivity index (χ0) is 22.7. The Balaban J connectivity index is 1.59. The van der Waals surface area contributed by atoms with Crippen molar-refractivity contribution in [3.05, 3.63) is 66.5 Å². The predicted octanol–water partition coefficient (Wildman–Crippen LogP) is 4.51. The number of benzene rings is 2. The Bertz CT molecular complexity index is 1280. The van der Waals surface area contributed by atoms with E-state index in [9.17, 15) is 9.59 Å². The van der Waals surface area contributed by atoms with Gasteiger partial charge in [-0.1, -0.05) is 50.6 Å². The highest BCUT2D eigenvalue weighted by molar-refractivity contribution is 6.09. The molecule has 32 heavy (non-hydrogen) atoms. The molecule has 4 rings (SSSR count). The molecule has 0 bridgehead atoms. The van der Waals surface area contributed by atoms with Gasteiger partial charge in [0.25, 0.3) is 5.91 Å². The molecular formula is C25H26N4O3. The second-order valence-corrected chi connectivity index (χ2v) is 7.81. The van der Waals surface area contributed by atoms with Crippen LogP contribution in [0, 0.1) is 5.92 Å². The summed E-state index contributed by atoms with van der Waals surface area (Å²) in [6.07, 6.45) is 2.37. The minimum Gasteiger partial charge on any atom is -0.495 e. The third-order valence-corrected chi connectivity index (χ3v) is 5.77. The number of carbonyl (C=O) groups is 2. The second-order valence-electron chi connectivity index (χ2n) is 7.81. The molecule has 2 unspecified atom stereocenters.